The summed E-state index contributed by atoms with van der Waals surface area (Å²) >= 11 is 0. The van der Waals surface area contributed by atoms with Crippen LogP contribution in [0, 0.1) is 0 Å². The van der Waals surface area contributed by atoms with Crippen molar-refractivity contribution in [2.45, 2.75) is 19.5 Å². The van der Waals surface area contributed by atoms with Crippen LogP contribution >= 0.6 is 0 Å². The number of methoxy groups -OCH3 is 1. The van der Waals surface area contributed by atoms with Gasteiger partial charge in [-0.15, -0.1) is 0 Å². The number of rotatable bonds is 6. The molecule has 1 aromatic carbocycles. The van der Waals surface area contributed by atoms with Crippen molar-refractivity contribution in [2.75, 3.05) is 47.0 Å². The monoisotopic (exact) mass is 345 g/mol. The minimum atomic E-state index is -0.0355. The first kappa shape index (κ1) is 17.9. The molecule has 0 saturated carbocycles. The Hall–Kier alpha value is -1.89. The lowest BCUT2D eigenvalue weighted by Crippen LogP contribution is -2.46. The Kier molecular flexibility index (Phi) is 5.73. The molecule has 1 aromatic heterocycles. The zero-order chi connectivity index (χ0) is 17.8. The quantitative estimate of drug-likeness (QED) is 0.863. The van der Waals surface area contributed by atoms with E-state index in [1.807, 2.05) is 24.3 Å². The van der Waals surface area contributed by atoms with Crippen LogP contribution in [-0.2, 0) is 11.3 Å². The molecule has 2 aromatic rings. The molecule has 1 saturated heterocycles. The summed E-state index contributed by atoms with van der Waals surface area (Å²) in [6.07, 6.45) is 0. The van der Waals surface area contributed by atoms with E-state index >= 15 is 0 Å². The van der Waals surface area contributed by atoms with Gasteiger partial charge in [0.15, 0.2) is 0 Å². The van der Waals surface area contributed by atoms with Crippen molar-refractivity contribution in [1.29, 1.82) is 0 Å². The van der Waals surface area contributed by atoms with Crippen molar-refractivity contribution < 1.29 is 9.47 Å². The molecule has 1 N–H and O–H groups in total. The van der Waals surface area contributed by atoms with Crippen molar-refractivity contribution in [3.8, 4) is 5.75 Å². The van der Waals surface area contributed by atoms with Gasteiger partial charge in [0.2, 0.25) is 0 Å². The van der Waals surface area contributed by atoms with Crippen molar-refractivity contribution in [1.82, 2.24) is 14.8 Å². The van der Waals surface area contributed by atoms with E-state index in [9.17, 15) is 4.79 Å². The van der Waals surface area contributed by atoms with Gasteiger partial charge in [0, 0.05) is 43.9 Å². The van der Waals surface area contributed by atoms with Crippen LogP contribution in [0.4, 0.5) is 0 Å². The number of morpholine rings is 1. The molecule has 1 aliphatic heterocycles. The highest BCUT2D eigenvalue weighted by atomic mass is 16.5. The Morgan fingerprint density at radius 2 is 2.08 bits per heavy atom. The lowest BCUT2D eigenvalue weighted by Gasteiger charge is -2.34. The van der Waals surface area contributed by atoms with Crippen LogP contribution in [0.15, 0.2) is 29.1 Å². The average molecular weight is 345 g/mol. The molecule has 3 rings (SSSR count). The number of H-pyrrole nitrogens is 1. The van der Waals surface area contributed by atoms with Crippen molar-refractivity contribution in [3.63, 3.8) is 0 Å². The van der Waals surface area contributed by atoms with E-state index in [0.29, 0.717) is 12.6 Å². The van der Waals surface area contributed by atoms with Crippen molar-refractivity contribution >= 4 is 10.9 Å². The number of hydrogen-bond acceptors (Lipinski definition) is 5. The van der Waals surface area contributed by atoms with Crippen molar-refractivity contribution in [3.05, 3.63) is 40.2 Å². The van der Waals surface area contributed by atoms with Gasteiger partial charge in [-0.3, -0.25) is 9.69 Å². The number of ether oxygens (including phenoxy) is 2. The number of hydrogen-bond donors (Lipinski definition) is 1. The van der Waals surface area contributed by atoms with Gasteiger partial charge in [-0.2, -0.15) is 0 Å². The number of nitrogens with zero attached hydrogens (tertiary/aromatic N) is 2. The molecule has 6 heteroatoms. The molecule has 1 atom stereocenters. The molecular weight excluding hydrogens is 318 g/mol. The van der Waals surface area contributed by atoms with Crippen LogP contribution in [0.25, 0.3) is 10.9 Å². The Labute approximate surface area is 148 Å². The predicted molar refractivity (Wildman–Crippen MR) is 99.3 cm³/mol. The van der Waals surface area contributed by atoms with Gasteiger partial charge < -0.3 is 19.4 Å². The summed E-state index contributed by atoms with van der Waals surface area (Å²) in [5, 5.41) is 1.02. The van der Waals surface area contributed by atoms with E-state index in [0.717, 1.165) is 55.1 Å². The van der Waals surface area contributed by atoms with E-state index in [2.05, 4.69) is 28.8 Å². The summed E-state index contributed by atoms with van der Waals surface area (Å²) < 4.78 is 10.6. The van der Waals surface area contributed by atoms with Crippen LogP contribution in [0.2, 0.25) is 0 Å². The summed E-state index contributed by atoms with van der Waals surface area (Å²) in [5.41, 5.74) is 1.55. The second-order valence-corrected chi connectivity index (χ2v) is 6.77. The Bertz CT molecular complexity index is 768. The molecule has 1 fully saturated rings. The number of likely N-dealkylation sites (N-methyl/N-ethyl adjacent to an activating group) is 1. The second-order valence-electron chi connectivity index (χ2n) is 6.77. The smallest absolute Gasteiger partial charge is 0.252 e. The minimum absolute atomic E-state index is 0.0355. The molecule has 0 bridgehead atoms. The molecule has 0 aliphatic carbocycles. The Morgan fingerprint density at radius 1 is 1.32 bits per heavy atom. The van der Waals surface area contributed by atoms with Gasteiger partial charge in [0.1, 0.15) is 5.75 Å². The highest BCUT2D eigenvalue weighted by Gasteiger charge is 2.18. The maximum atomic E-state index is 12.4. The van der Waals surface area contributed by atoms with Gasteiger partial charge in [0.25, 0.3) is 5.56 Å². The molecular formula is C19H27N3O3. The molecule has 136 valence electrons. The fraction of sp³-hybridized carbons (Fsp3) is 0.526. The number of fused-ring (bicyclic) bond motifs is 1. The number of pyridine rings is 1. The molecule has 6 nitrogen and oxygen atoms in total. The SMILES string of the molecule is COc1ccc2cc(CN(C)CC(C)N3CCOCC3)c(=O)[nH]c2c1. The first-order valence-corrected chi connectivity index (χ1v) is 8.77. The summed E-state index contributed by atoms with van der Waals surface area (Å²) in [6.45, 7) is 7.36. The largest absolute Gasteiger partial charge is 0.497 e. The molecule has 1 unspecified atom stereocenters. The predicted octanol–water partition coefficient (Wildman–Crippen LogP) is 1.69. The molecule has 0 radical (unpaired) electrons. The summed E-state index contributed by atoms with van der Waals surface area (Å²) in [6, 6.07) is 8.16. The van der Waals surface area contributed by atoms with E-state index in [4.69, 9.17) is 9.47 Å². The average Bonchev–Trinajstić information content (AvgIpc) is 2.62. The van der Waals surface area contributed by atoms with E-state index in [1.165, 1.54) is 0 Å². The normalized spacial score (nSPS) is 17.1. The molecule has 1 aliphatic rings. The second kappa shape index (κ2) is 7.99. The molecule has 2 heterocycles. The zero-order valence-electron chi connectivity index (χ0n) is 15.2. The van der Waals surface area contributed by atoms with Gasteiger partial charge in [-0.1, -0.05) is 0 Å². The van der Waals surface area contributed by atoms with Gasteiger partial charge in [0.05, 0.1) is 25.8 Å². The maximum Gasteiger partial charge on any atom is 0.252 e. The van der Waals surface area contributed by atoms with Gasteiger partial charge in [-0.05, 0) is 37.6 Å². The third kappa shape index (κ3) is 4.39. The lowest BCUT2D eigenvalue weighted by molar-refractivity contribution is 0.0137. The topological polar surface area (TPSA) is 57.8 Å². The fourth-order valence-electron chi connectivity index (χ4n) is 3.41. The van der Waals surface area contributed by atoms with E-state index in [1.54, 1.807) is 7.11 Å². The van der Waals surface area contributed by atoms with Gasteiger partial charge in [-0.25, -0.2) is 0 Å². The van der Waals surface area contributed by atoms with Crippen LogP contribution in [0.1, 0.15) is 12.5 Å². The van der Waals surface area contributed by atoms with Crippen LogP contribution in [-0.4, -0.2) is 67.8 Å². The first-order chi connectivity index (χ1) is 12.1. The minimum Gasteiger partial charge on any atom is -0.497 e. The number of nitrogens with one attached hydrogen (secondary N) is 1. The van der Waals surface area contributed by atoms with Crippen molar-refractivity contribution in [2.24, 2.45) is 0 Å². The highest BCUT2D eigenvalue weighted by Crippen LogP contribution is 2.19. The third-order valence-corrected chi connectivity index (χ3v) is 4.82. The zero-order valence-corrected chi connectivity index (χ0v) is 15.2. The number of benzene rings is 1. The maximum absolute atomic E-state index is 12.4. The fourth-order valence-corrected chi connectivity index (χ4v) is 3.41. The third-order valence-electron chi connectivity index (χ3n) is 4.82. The standard InChI is InChI=1S/C19H27N3O3/c1-14(22-6-8-25-9-7-22)12-21(2)13-16-10-15-4-5-17(24-3)11-18(15)20-19(16)23/h4-5,10-11,14H,6-9,12-13H2,1-3H3,(H,20,23). The summed E-state index contributed by atoms with van der Waals surface area (Å²) in [4.78, 5) is 20.0. The highest BCUT2D eigenvalue weighted by molar-refractivity contribution is 5.80. The first-order valence-electron chi connectivity index (χ1n) is 8.77. The van der Waals surface area contributed by atoms with Crippen LogP contribution in [0.3, 0.4) is 0 Å². The molecule has 0 amide bonds. The summed E-state index contributed by atoms with van der Waals surface area (Å²) in [5.74, 6) is 0.743. The van der Waals surface area contributed by atoms with Crippen LogP contribution < -0.4 is 10.3 Å². The lowest BCUT2D eigenvalue weighted by atomic mass is 10.1. The Balaban J connectivity index is 1.69. The molecule has 0 spiro atoms. The summed E-state index contributed by atoms with van der Waals surface area (Å²) in [7, 11) is 3.69. The van der Waals surface area contributed by atoms with Gasteiger partial charge >= 0.3 is 0 Å². The van der Waals surface area contributed by atoms with E-state index in [-0.39, 0.29) is 5.56 Å². The number of aromatic amines is 1. The van der Waals surface area contributed by atoms with E-state index < -0.39 is 0 Å². The number of aromatic nitrogens is 1. The molecule has 25 heavy (non-hydrogen) atoms. The van der Waals surface area contributed by atoms with Crippen LogP contribution in [0.5, 0.6) is 5.75 Å². The Morgan fingerprint density at radius 3 is 2.80 bits per heavy atom.